The van der Waals surface area contributed by atoms with Crippen LogP contribution >= 0.6 is 0 Å². The van der Waals surface area contributed by atoms with E-state index in [9.17, 15) is 14.4 Å². The minimum absolute atomic E-state index is 0.0156. The lowest BCUT2D eigenvalue weighted by molar-refractivity contribution is -0.141. The fraction of sp³-hybridized carbons (Fsp3) is 0.409. The molecule has 0 spiro atoms. The van der Waals surface area contributed by atoms with Crippen molar-refractivity contribution in [1.29, 1.82) is 0 Å². The number of methoxy groups -OCH3 is 1. The van der Waals surface area contributed by atoms with Gasteiger partial charge in [0.1, 0.15) is 5.75 Å². The first-order valence-corrected chi connectivity index (χ1v) is 9.84. The van der Waals surface area contributed by atoms with E-state index < -0.39 is 5.97 Å². The number of carboxylic acid groups (broad SMARTS) is 1. The molecule has 4 rings (SSSR count). The largest absolute Gasteiger partial charge is 0.497 e. The first-order chi connectivity index (χ1) is 14.0. The number of rotatable bonds is 5. The van der Waals surface area contributed by atoms with E-state index in [-0.39, 0.29) is 36.1 Å². The zero-order chi connectivity index (χ0) is 20.5. The van der Waals surface area contributed by atoms with Crippen LogP contribution in [0.25, 0.3) is 11.1 Å². The number of carboxylic acids is 1. The number of hydrogen-bond acceptors (Lipinski definition) is 4. The molecule has 0 unspecified atom stereocenters. The number of carbonyl (C=O) groups excluding carboxylic acids is 1. The van der Waals surface area contributed by atoms with Gasteiger partial charge < -0.3 is 19.3 Å². The minimum Gasteiger partial charge on any atom is -0.497 e. The van der Waals surface area contributed by atoms with Crippen LogP contribution in [0.1, 0.15) is 30.9 Å². The van der Waals surface area contributed by atoms with Crippen LogP contribution in [0.2, 0.25) is 0 Å². The molecule has 2 atom stereocenters. The Morgan fingerprint density at radius 1 is 1.07 bits per heavy atom. The number of fused-ring (bicyclic) bond motifs is 4. The summed E-state index contributed by atoms with van der Waals surface area (Å²) in [5, 5.41) is 8.86. The molecular formula is C22H24N2O5. The number of ether oxygens (including phenoxy) is 1. The van der Waals surface area contributed by atoms with E-state index >= 15 is 0 Å². The van der Waals surface area contributed by atoms with Crippen molar-refractivity contribution in [2.24, 2.45) is 5.92 Å². The monoisotopic (exact) mass is 396 g/mol. The van der Waals surface area contributed by atoms with Crippen molar-refractivity contribution in [3.63, 3.8) is 0 Å². The molecule has 29 heavy (non-hydrogen) atoms. The van der Waals surface area contributed by atoms with E-state index in [2.05, 4.69) is 0 Å². The first-order valence-electron chi connectivity index (χ1n) is 9.84. The number of benzene rings is 1. The third-order valence-corrected chi connectivity index (χ3v) is 5.90. The fourth-order valence-electron chi connectivity index (χ4n) is 4.61. The number of likely N-dealkylation sites (tertiary alicyclic amines) is 1. The Labute approximate surface area is 168 Å². The van der Waals surface area contributed by atoms with Gasteiger partial charge in [-0.3, -0.25) is 14.4 Å². The van der Waals surface area contributed by atoms with Gasteiger partial charge in [0.05, 0.1) is 13.5 Å². The lowest BCUT2D eigenvalue weighted by Crippen LogP contribution is -2.49. The van der Waals surface area contributed by atoms with Crippen molar-refractivity contribution >= 4 is 11.9 Å². The number of piperidine rings is 1. The van der Waals surface area contributed by atoms with Crippen molar-refractivity contribution in [2.75, 3.05) is 20.2 Å². The highest BCUT2D eigenvalue weighted by atomic mass is 16.5. The van der Waals surface area contributed by atoms with Crippen LogP contribution in [-0.2, 0) is 16.1 Å². The predicted octanol–water partition coefficient (Wildman–Crippen LogP) is 2.33. The van der Waals surface area contributed by atoms with Gasteiger partial charge in [-0.1, -0.05) is 12.1 Å². The molecule has 1 aromatic carbocycles. The van der Waals surface area contributed by atoms with Crippen LogP contribution < -0.4 is 10.3 Å². The zero-order valence-corrected chi connectivity index (χ0v) is 16.3. The average Bonchev–Trinajstić information content (AvgIpc) is 2.72. The van der Waals surface area contributed by atoms with Crippen molar-refractivity contribution in [3.8, 4) is 16.9 Å². The third-order valence-electron chi connectivity index (χ3n) is 5.90. The minimum atomic E-state index is -0.964. The Morgan fingerprint density at radius 3 is 2.52 bits per heavy atom. The summed E-state index contributed by atoms with van der Waals surface area (Å²) in [6, 6.07) is 11.2. The summed E-state index contributed by atoms with van der Waals surface area (Å²) in [5.41, 5.74) is 2.95. The second kappa shape index (κ2) is 7.73. The Kier molecular flexibility index (Phi) is 5.13. The Bertz CT molecular complexity index is 995. The molecule has 3 heterocycles. The van der Waals surface area contributed by atoms with Gasteiger partial charge in [0, 0.05) is 49.3 Å². The van der Waals surface area contributed by atoms with Gasteiger partial charge in [-0.2, -0.15) is 0 Å². The van der Waals surface area contributed by atoms with Crippen LogP contribution in [0.4, 0.5) is 0 Å². The first kappa shape index (κ1) is 19.2. The fourth-order valence-corrected chi connectivity index (χ4v) is 4.61. The molecule has 2 aromatic rings. The molecule has 0 saturated carbocycles. The number of aliphatic carboxylic acids is 1. The van der Waals surface area contributed by atoms with Crippen LogP contribution in [0.5, 0.6) is 5.75 Å². The number of carbonyl (C=O) groups is 2. The molecule has 152 valence electrons. The van der Waals surface area contributed by atoms with Crippen molar-refractivity contribution in [2.45, 2.75) is 31.7 Å². The van der Waals surface area contributed by atoms with Crippen LogP contribution in [0.3, 0.4) is 0 Å². The molecule has 1 fully saturated rings. The van der Waals surface area contributed by atoms with E-state index in [1.807, 2.05) is 34.9 Å². The summed E-state index contributed by atoms with van der Waals surface area (Å²) < 4.78 is 7.10. The number of hydrogen-bond donors (Lipinski definition) is 1. The molecular weight excluding hydrogens is 372 g/mol. The summed E-state index contributed by atoms with van der Waals surface area (Å²) in [6.07, 6.45) is 0.787. The maximum Gasteiger partial charge on any atom is 0.303 e. The summed E-state index contributed by atoms with van der Waals surface area (Å²) in [5.74, 6) is -0.0566. The average molecular weight is 396 g/mol. The highest BCUT2D eigenvalue weighted by Crippen LogP contribution is 2.40. The number of amides is 1. The predicted molar refractivity (Wildman–Crippen MR) is 107 cm³/mol. The summed E-state index contributed by atoms with van der Waals surface area (Å²) >= 11 is 0. The Hall–Kier alpha value is -3.09. The molecule has 0 radical (unpaired) electrons. The maximum atomic E-state index is 12.6. The molecule has 1 aromatic heterocycles. The normalized spacial score (nSPS) is 20.1. The summed E-state index contributed by atoms with van der Waals surface area (Å²) in [6.45, 7) is 1.67. The van der Waals surface area contributed by atoms with Gasteiger partial charge in [0.2, 0.25) is 5.91 Å². The van der Waals surface area contributed by atoms with Gasteiger partial charge in [-0.05, 0) is 36.1 Å². The van der Waals surface area contributed by atoms with E-state index in [0.29, 0.717) is 19.6 Å². The topological polar surface area (TPSA) is 88.8 Å². The molecule has 2 aliphatic heterocycles. The lowest BCUT2D eigenvalue weighted by Gasteiger charge is -2.43. The molecule has 1 saturated heterocycles. The van der Waals surface area contributed by atoms with E-state index in [0.717, 1.165) is 29.0 Å². The maximum absolute atomic E-state index is 12.6. The Balaban J connectivity index is 1.67. The molecule has 2 aliphatic rings. The number of pyridine rings is 1. The Morgan fingerprint density at radius 2 is 1.83 bits per heavy atom. The molecule has 0 aliphatic carbocycles. The lowest BCUT2D eigenvalue weighted by atomic mass is 9.80. The molecule has 2 bridgehead atoms. The number of nitrogens with zero attached hydrogens (tertiary/aromatic N) is 2. The highest BCUT2D eigenvalue weighted by Gasteiger charge is 2.37. The molecule has 7 heteroatoms. The molecule has 1 amide bonds. The second-order valence-electron chi connectivity index (χ2n) is 7.80. The summed E-state index contributed by atoms with van der Waals surface area (Å²) in [4.78, 5) is 37.7. The van der Waals surface area contributed by atoms with Gasteiger partial charge in [-0.15, -0.1) is 0 Å². The quantitative estimate of drug-likeness (QED) is 0.838. The van der Waals surface area contributed by atoms with Crippen LogP contribution in [0.15, 0.2) is 41.2 Å². The van der Waals surface area contributed by atoms with Crippen molar-refractivity contribution in [1.82, 2.24) is 9.47 Å². The highest BCUT2D eigenvalue weighted by molar-refractivity contribution is 5.81. The van der Waals surface area contributed by atoms with Crippen LogP contribution in [-0.4, -0.2) is 46.6 Å². The van der Waals surface area contributed by atoms with Crippen LogP contribution in [0, 0.1) is 5.92 Å². The van der Waals surface area contributed by atoms with Gasteiger partial charge in [0.25, 0.3) is 5.56 Å². The van der Waals surface area contributed by atoms with E-state index in [1.54, 1.807) is 18.1 Å². The molecule has 7 nitrogen and oxygen atoms in total. The molecule has 1 N–H and O–H groups in total. The smallest absolute Gasteiger partial charge is 0.303 e. The van der Waals surface area contributed by atoms with Gasteiger partial charge >= 0.3 is 5.97 Å². The van der Waals surface area contributed by atoms with Gasteiger partial charge in [0.15, 0.2) is 0 Å². The second-order valence-corrected chi connectivity index (χ2v) is 7.80. The van der Waals surface area contributed by atoms with Crippen molar-refractivity contribution < 1.29 is 19.4 Å². The standard InChI is InChI=1S/C22H24N2O5/c1-29-17-4-2-15(3-5-17)18-6-7-20(26)24-12-14-10-16(22(18)24)13-23(11-14)19(25)8-9-21(27)28/h2-7,14,16H,8-13H2,1H3,(H,27,28)/t14-,16-/m0/s1. The summed E-state index contributed by atoms with van der Waals surface area (Å²) in [7, 11) is 1.62. The van der Waals surface area contributed by atoms with Crippen molar-refractivity contribution in [3.05, 3.63) is 52.4 Å². The van der Waals surface area contributed by atoms with Gasteiger partial charge in [-0.25, -0.2) is 0 Å². The van der Waals surface area contributed by atoms with E-state index in [1.165, 1.54) is 0 Å². The third kappa shape index (κ3) is 3.77. The number of aromatic nitrogens is 1. The van der Waals surface area contributed by atoms with E-state index in [4.69, 9.17) is 9.84 Å². The zero-order valence-electron chi connectivity index (χ0n) is 16.3. The SMILES string of the molecule is COc1ccc(-c2ccc(=O)n3c2[C@H]2C[C@@H](CN(C(=O)CCC(=O)O)C2)C3)cc1.